The highest BCUT2D eigenvalue weighted by Gasteiger charge is 1.65. The molecule has 0 rings (SSSR count). The normalized spacial score (nSPS) is 3.50. The largest absolute Gasteiger partial charge is 0.481 e. The van der Waals surface area contributed by atoms with Gasteiger partial charge < -0.3 is 43.2 Å². The highest BCUT2D eigenvalue weighted by Crippen LogP contribution is 1.42. The summed E-state index contributed by atoms with van der Waals surface area (Å²) in [6, 6.07) is 0. The van der Waals surface area contributed by atoms with Crippen molar-refractivity contribution in [2.75, 3.05) is 0 Å². The molecule has 0 aliphatic heterocycles. The number of carbonyl (C=O) groups is 1. The minimum Gasteiger partial charge on any atom is -0.481 e. The van der Waals surface area contributed by atoms with Crippen molar-refractivity contribution in [3.8, 4) is 0 Å². The number of carboxylic acid groups (broad SMARTS) is 1. The van der Waals surface area contributed by atoms with Gasteiger partial charge in [-0.25, -0.2) is 0 Å². The van der Waals surface area contributed by atoms with Crippen LogP contribution in [0.1, 0.15) is 6.92 Å². The fourth-order valence-electron chi connectivity index (χ4n) is 0. The zero-order valence-corrected chi connectivity index (χ0v) is 7.07. The standard InChI is InChI=1S/C2H4O2.HNO3.6H2O/c1-2(3)4;2-1(3)4;;;;;;/h1H3,(H,3,4);(H,2,3,4);6*1H2. The quantitative estimate of drug-likeness (QED) is 0.304. The molecule has 14 N–H and O–H groups in total. The van der Waals surface area contributed by atoms with Crippen LogP contribution in [-0.4, -0.2) is 54.2 Å². The summed E-state index contributed by atoms with van der Waals surface area (Å²) in [4.78, 5) is 17.4. The van der Waals surface area contributed by atoms with E-state index in [9.17, 15) is 0 Å². The van der Waals surface area contributed by atoms with Crippen LogP contribution >= 0.6 is 0 Å². The van der Waals surface area contributed by atoms with Crippen LogP contribution in [0, 0.1) is 10.1 Å². The van der Waals surface area contributed by atoms with Gasteiger partial charge in [-0.3, -0.25) is 4.79 Å². The monoisotopic (exact) mass is 231 g/mol. The number of hydrogen-bond acceptors (Lipinski definition) is 3. The van der Waals surface area contributed by atoms with Gasteiger partial charge in [-0.05, 0) is 0 Å². The Bertz CT molecular complexity index is 71.3. The predicted molar refractivity (Wildman–Crippen MR) is 43.8 cm³/mol. The molecule has 0 amide bonds. The van der Waals surface area contributed by atoms with Crippen LogP contribution in [-0.2, 0) is 4.79 Å². The van der Waals surface area contributed by atoms with Crippen molar-refractivity contribution in [1.29, 1.82) is 0 Å². The average molecular weight is 231 g/mol. The van der Waals surface area contributed by atoms with Gasteiger partial charge in [-0.1, -0.05) is 0 Å². The fourth-order valence-corrected chi connectivity index (χ4v) is 0. The molecular formula is C2H17NO11. The zero-order chi connectivity index (χ0) is 7.15. The SMILES string of the molecule is CC(=O)O.O.O.O.O.O.O.O=[N+]([O-])O. The molecule has 0 aromatic rings. The third-order valence-electron chi connectivity index (χ3n) is 0. The lowest BCUT2D eigenvalue weighted by Crippen LogP contribution is -1.81. The number of carboxylic acids is 1. The van der Waals surface area contributed by atoms with Gasteiger partial charge in [0.05, 0.1) is 0 Å². The summed E-state index contributed by atoms with van der Waals surface area (Å²) in [5.41, 5.74) is 0. The Morgan fingerprint density at radius 2 is 1.07 bits per heavy atom. The number of rotatable bonds is 0. The molecule has 96 valence electrons. The van der Waals surface area contributed by atoms with Crippen molar-refractivity contribution in [2.45, 2.75) is 6.92 Å². The lowest BCUT2D eigenvalue weighted by Gasteiger charge is -1.59. The van der Waals surface area contributed by atoms with Crippen molar-refractivity contribution < 1.29 is 53.1 Å². The highest BCUT2D eigenvalue weighted by molar-refractivity contribution is 5.62. The summed E-state index contributed by atoms with van der Waals surface area (Å²) < 4.78 is 0. The van der Waals surface area contributed by atoms with Crippen LogP contribution in [0.2, 0.25) is 0 Å². The Hall–Kier alpha value is -1.57. The summed E-state index contributed by atoms with van der Waals surface area (Å²) in [6.45, 7) is 1.08. The smallest absolute Gasteiger partial charge is 0.300 e. The molecular weight excluding hydrogens is 214 g/mol. The van der Waals surface area contributed by atoms with E-state index >= 15 is 0 Å². The van der Waals surface area contributed by atoms with Crippen molar-refractivity contribution in [2.24, 2.45) is 0 Å². The van der Waals surface area contributed by atoms with Crippen LogP contribution in [0.3, 0.4) is 0 Å². The van der Waals surface area contributed by atoms with Gasteiger partial charge in [0.2, 0.25) is 0 Å². The first-order valence-electron chi connectivity index (χ1n) is 1.49. The third kappa shape index (κ3) is 376. The molecule has 0 atom stereocenters. The molecule has 0 aliphatic carbocycles. The Labute approximate surface area is 77.4 Å². The molecule has 0 fully saturated rings. The average Bonchev–Trinajstić information content (AvgIpc) is 1.25. The second-order valence-corrected chi connectivity index (χ2v) is 0.757. The minimum atomic E-state index is -1.50. The van der Waals surface area contributed by atoms with E-state index in [0.29, 0.717) is 0 Å². The van der Waals surface area contributed by atoms with Gasteiger partial charge in [-0.15, -0.1) is 10.1 Å². The first-order valence-corrected chi connectivity index (χ1v) is 1.49. The van der Waals surface area contributed by atoms with E-state index in [-0.39, 0.29) is 32.9 Å². The third-order valence-corrected chi connectivity index (χ3v) is 0. The maximum absolute atomic E-state index is 9.00. The minimum absolute atomic E-state index is 0. The summed E-state index contributed by atoms with van der Waals surface area (Å²) in [5.74, 6) is -0.833. The second-order valence-electron chi connectivity index (χ2n) is 0.757. The predicted octanol–water partition coefficient (Wildman–Crippen LogP) is -5.20. The van der Waals surface area contributed by atoms with Gasteiger partial charge in [0, 0.05) is 6.92 Å². The molecule has 0 aliphatic rings. The Kier molecular flexibility index (Phi) is 374. The van der Waals surface area contributed by atoms with E-state index in [1.807, 2.05) is 0 Å². The van der Waals surface area contributed by atoms with E-state index < -0.39 is 11.1 Å². The Morgan fingerprint density at radius 1 is 1.07 bits per heavy atom. The van der Waals surface area contributed by atoms with Gasteiger partial charge >= 0.3 is 0 Å². The van der Waals surface area contributed by atoms with E-state index in [1.54, 1.807) is 0 Å². The first-order chi connectivity index (χ1) is 3.46. The van der Waals surface area contributed by atoms with Gasteiger partial charge in [0.15, 0.2) is 0 Å². The van der Waals surface area contributed by atoms with Gasteiger partial charge in [0.1, 0.15) is 0 Å². The molecule has 12 heteroatoms. The molecule has 12 nitrogen and oxygen atoms in total. The summed E-state index contributed by atoms with van der Waals surface area (Å²) >= 11 is 0. The molecule has 0 radical (unpaired) electrons. The van der Waals surface area contributed by atoms with E-state index in [1.165, 1.54) is 0 Å². The molecule has 0 spiro atoms. The lowest BCUT2D eigenvalue weighted by atomic mass is 10.9. The number of aliphatic carboxylic acids is 1. The highest BCUT2D eigenvalue weighted by atomic mass is 16.9. The maximum Gasteiger partial charge on any atom is 0.300 e. The molecule has 0 aromatic heterocycles. The van der Waals surface area contributed by atoms with E-state index in [2.05, 4.69) is 0 Å². The fraction of sp³-hybridized carbons (Fsp3) is 0.500. The van der Waals surface area contributed by atoms with Crippen molar-refractivity contribution >= 4 is 5.97 Å². The molecule has 0 bridgehead atoms. The van der Waals surface area contributed by atoms with Crippen LogP contribution < -0.4 is 0 Å². The Balaban J connectivity index is -0.00000000600. The molecule has 0 saturated heterocycles. The van der Waals surface area contributed by atoms with Crippen molar-refractivity contribution in [3.63, 3.8) is 0 Å². The number of nitrogens with zero attached hydrogens (tertiary/aromatic N) is 1. The topological polar surface area (TPSA) is 290 Å². The summed E-state index contributed by atoms with van der Waals surface area (Å²) in [6.07, 6.45) is 0. The van der Waals surface area contributed by atoms with Crippen molar-refractivity contribution in [3.05, 3.63) is 10.1 Å². The Morgan fingerprint density at radius 3 is 1.07 bits per heavy atom. The summed E-state index contributed by atoms with van der Waals surface area (Å²) in [5, 5.41) is 21.1. The maximum atomic E-state index is 9.00. The molecule has 0 saturated carbocycles. The number of hydrogen-bond donors (Lipinski definition) is 2. The van der Waals surface area contributed by atoms with Crippen LogP contribution in [0.5, 0.6) is 0 Å². The van der Waals surface area contributed by atoms with Crippen LogP contribution in [0.15, 0.2) is 0 Å². The summed E-state index contributed by atoms with van der Waals surface area (Å²) in [7, 11) is 0. The first kappa shape index (κ1) is 82.7. The van der Waals surface area contributed by atoms with Gasteiger partial charge in [0.25, 0.3) is 11.1 Å². The lowest BCUT2D eigenvalue weighted by molar-refractivity contribution is -0.742. The van der Waals surface area contributed by atoms with Crippen LogP contribution in [0.4, 0.5) is 0 Å². The van der Waals surface area contributed by atoms with Crippen molar-refractivity contribution in [1.82, 2.24) is 0 Å². The van der Waals surface area contributed by atoms with E-state index in [0.717, 1.165) is 6.92 Å². The molecule has 0 unspecified atom stereocenters. The molecule has 0 aromatic carbocycles. The zero-order valence-electron chi connectivity index (χ0n) is 7.07. The van der Waals surface area contributed by atoms with Crippen LogP contribution in [0.25, 0.3) is 0 Å². The van der Waals surface area contributed by atoms with E-state index in [4.69, 9.17) is 25.2 Å². The second kappa shape index (κ2) is 63.4. The van der Waals surface area contributed by atoms with Gasteiger partial charge in [-0.2, -0.15) is 0 Å². The molecule has 14 heavy (non-hydrogen) atoms. The molecule has 0 heterocycles.